The molecule has 0 saturated carbocycles. The molecule has 0 fully saturated rings. The van der Waals surface area contributed by atoms with E-state index in [1.807, 2.05) is 5.48 Å². The van der Waals surface area contributed by atoms with Crippen molar-refractivity contribution in [1.29, 1.82) is 0 Å². The summed E-state index contributed by atoms with van der Waals surface area (Å²) < 4.78 is 45.5. The fourth-order valence-electron chi connectivity index (χ4n) is 3.66. The highest BCUT2D eigenvalue weighted by Crippen LogP contribution is 2.34. The topological polar surface area (TPSA) is 115 Å². The lowest BCUT2D eigenvalue weighted by Crippen LogP contribution is -2.11. The molecule has 190 valence electrons. The Labute approximate surface area is 211 Å². The van der Waals surface area contributed by atoms with Crippen LogP contribution in [0.25, 0.3) is 11.1 Å². The number of esters is 1. The van der Waals surface area contributed by atoms with Gasteiger partial charge in [-0.3, -0.25) is 10.7 Å². The quantitative estimate of drug-likeness (QED) is 0.0994. The first-order valence-electron chi connectivity index (χ1n) is 10.9. The first-order chi connectivity index (χ1) is 17.8. The Morgan fingerprint density at radius 1 is 0.838 bits per heavy atom. The highest BCUT2D eigenvalue weighted by molar-refractivity contribution is 5.95. The SMILES string of the molecule is COc1cc(N)ccc1Nc1ccc(C(=O)Oc2cc(F)c(-c3ccc(NO)cc3)c(F)c2)c(OC)c1. The van der Waals surface area contributed by atoms with Gasteiger partial charge >= 0.3 is 5.97 Å². The average Bonchev–Trinajstić information content (AvgIpc) is 2.89. The molecule has 0 aliphatic carbocycles. The molecule has 0 radical (unpaired) electrons. The molecule has 0 unspecified atom stereocenters. The fourth-order valence-corrected chi connectivity index (χ4v) is 3.66. The van der Waals surface area contributed by atoms with Crippen molar-refractivity contribution in [3.63, 3.8) is 0 Å². The summed E-state index contributed by atoms with van der Waals surface area (Å²) in [4.78, 5) is 12.8. The molecule has 0 saturated heterocycles. The van der Waals surface area contributed by atoms with E-state index in [-0.39, 0.29) is 28.2 Å². The van der Waals surface area contributed by atoms with Crippen LogP contribution in [0.4, 0.5) is 31.5 Å². The summed E-state index contributed by atoms with van der Waals surface area (Å²) in [6.07, 6.45) is 0. The maximum atomic E-state index is 14.8. The van der Waals surface area contributed by atoms with Crippen LogP contribution in [0.2, 0.25) is 0 Å². The van der Waals surface area contributed by atoms with Gasteiger partial charge in [-0.15, -0.1) is 0 Å². The first-order valence-corrected chi connectivity index (χ1v) is 10.9. The summed E-state index contributed by atoms with van der Waals surface area (Å²) in [7, 11) is 2.90. The van der Waals surface area contributed by atoms with Gasteiger partial charge in [0.2, 0.25) is 0 Å². The highest BCUT2D eigenvalue weighted by atomic mass is 19.1. The Morgan fingerprint density at radius 3 is 2.11 bits per heavy atom. The maximum Gasteiger partial charge on any atom is 0.347 e. The summed E-state index contributed by atoms with van der Waals surface area (Å²) in [6.45, 7) is 0. The molecule has 0 amide bonds. The number of hydrogen-bond acceptors (Lipinski definition) is 8. The molecule has 4 rings (SSSR count). The van der Waals surface area contributed by atoms with Gasteiger partial charge in [0, 0.05) is 35.6 Å². The molecule has 0 aliphatic rings. The molecular weight excluding hydrogens is 484 g/mol. The summed E-state index contributed by atoms with van der Waals surface area (Å²) >= 11 is 0. The van der Waals surface area contributed by atoms with Crippen molar-refractivity contribution in [2.24, 2.45) is 0 Å². The second kappa shape index (κ2) is 10.8. The van der Waals surface area contributed by atoms with E-state index in [2.05, 4.69) is 5.32 Å². The zero-order chi connectivity index (χ0) is 26.5. The molecule has 0 spiro atoms. The van der Waals surface area contributed by atoms with Gasteiger partial charge in [-0.1, -0.05) is 12.1 Å². The van der Waals surface area contributed by atoms with E-state index in [0.29, 0.717) is 28.5 Å². The minimum absolute atomic E-state index is 0.0503. The molecular formula is C27H23F2N3O5. The second-order valence-electron chi connectivity index (χ2n) is 7.84. The van der Waals surface area contributed by atoms with E-state index >= 15 is 0 Å². The van der Waals surface area contributed by atoms with Crippen molar-refractivity contribution in [1.82, 2.24) is 0 Å². The molecule has 0 heterocycles. The molecule has 0 atom stereocenters. The minimum atomic E-state index is -0.920. The standard InChI is InChI=1S/C27H23F2N3O5/c1-35-24-12-18(31-23-10-5-16(30)11-25(23)36-2)8-9-20(24)27(33)37-19-13-21(28)26(22(29)14-19)15-3-6-17(32-34)7-4-15/h3-14,31-32,34H,30H2,1-2H3. The van der Waals surface area contributed by atoms with Crippen LogP contribution in [-0.2, 0) is 0 Å². The van der Waals surface area contributed by atoms with Crippen LogP contribution >= 0.6 is 0 Å². The second-order valence-corrected chi connectivity index (χ2v) is 7.84. The molecule has 0 bridgehead atoms. The van der Waals surface area contributed by atoms with Crippen LogP contribution in [0.15, 0.2) is 72.8 Å². The molecule has 0 aliphatic heterocycles. The lowest BCUT2D eigenvalue weighted by Gasteiger charge is -2.14. The zero-order valence-electron chi connectivity index (χ0n) is 19.8. The van der Waals surface area contributed by atoms with Crippen molar-refractivity contribution in [3.05, 3.63) is 90.0 Å². The Bertz CT molecular complexity index is 1420. The lowest BCUT2D eigenvalue weighted by molar-refractivity contribution is 0.0730. The van der Waals surface area contributed by atoms with Gasteiger partial charge in [0.05, 0.1) is 31.2 Å². The lowest BCUT2D eigenvalue weighted by atomic mass is 10.0. The highest BCUT2D eigenvalue weighted by Gasteiger charge is 2.19. The summed E-state index contributed by atoms with van der Waals surface area (Å²) in [6, 6.07) is 17.4. The third-order valence-corrected chi connectivity index (χ3v) is 5.45. The van der Waals surface area contributed by atoms with Crippen molar-refractivity contribution in [2.75, 3.05) is 30.8 Å². The molecule has 4 aromatic carbocycles. The number of methoxy groups -OCH3 is 2. The van der Waals surface area contributed by atoms with Crippen LogP contribution in [-0.4, -0.2) is 25.4 Å². The van der Waals surface area contributed by atoms with Crippen LogP contribution < -0.4 is 30.7 Å². The number of nitrogens with one attached hydrogen (secondary N) is 2. The van der Waals surface area contributed by atoms with Crippen LogP contribution in [0.5, 0.6) is 17.2 Å². The van der Waals surface area contributed by atoms with Gasteiger partial charge in [-0.25, -0.2) is 13.6 Å². The number of carbonyl (C=O) groups excluding carboxylic acids is 1. The summed E-state index contributed by atoms with van der Waals surface area (Å²) in [5.74, 6) is -2.31. The Kier molecular flexibility index (Phi) is 7.40. The van der Waals surface area contributed by atoms with Gasteiger partial charge in [-0.05, 0) is 42.0 Å². The minimum Gasteiger partial charge on any atom is -0.496 e. The molecule has 4 aromatic rings. The number of ether oxygens (including phenoxy) is 3. The zero-order valence-corrected chi connectivity index (χ0v) is 19.8. The Hall–Kier alpha value is -4.83. The predicted octanol–water partition coefficient (Wildman–Crippen LogP) is 6.00. The monoisotopic (exact) mass is 507 g/mol. The smallest absolute Gasteiger partial charge is 0.347 e. The Morgan fingerprint density at radius 2 is 1.49 bits per heavy atom. The van der Waals surface area contributed by atoms with Crippen LogP contribution in [0.3, 0.4) is 0 Å². The van der Waals surface area contributed by atoms with Gasteiger partial charge < -0.3 is 25.3 Å². The number of hydrogen-bond donors (Lipinski definition) is 4. The number of anilines is 4. The Balaban J connectivity index is 1.55. The third kappa shape index (κ3) is 5.54. The van der Waals surface area contributed by atoms with Gasteiger partial charge in [0.1, 0.15) is 34.4 Å². The van der Waals surface area contributed by atoms with E-state index in [0.717, 1.165) is 12.1 Å². The number of rotatable bonds is 8. The van der Waals surface area contributed by atoms with E-state index in [1.165, 1.54) is 44.6 Å². The molecule has 0 aromatic heterocycles. The van der Waals surface area contributed by atoms with E-state index < -0.39 is 17.6 Å². The number of nitrogens with two attached hydrogens (primary N) is 1. The first kappa shape index (κ1) is 25.3. The van der Waals surface area contributed by atoms with Gasteiger partial charge in [0.25, 0.3) is 0 Å². The summed E-state index contributed by atoms with van der Waals surface area (Å²) in [5.41, 5.74) is 9.85. The van der Waals surface area contributed by atoms with Gasteiger partial charge in [0.15, 0.2) is 0 Å². The normalized spacial score (nSPS) is 10.5. The van der Waals surface area contributed by atoms with Crippen LogP contribution in [0.1, 0.15) is 10.4 Å². The van der Waals surface area contributed by atoms with Crippen molar-refractivity contribution in [2.45, 2.75) is 0 Å². The molecule has 37 heavy (non-hydrogen) atoms. The number of carbonyl (C=O) groups is 1. The predicted molar refractivity (Wildman–Crippen MR) is 136 cm³/mol. The van der Waals surface area contributed by atoms with Gasteiger partial charge in [-0.2, -0.15) is 0 Å². The fraction of sp³-hybridized carbons (Fsp3) is 0.0741. The van der Waals surface area contributed by atoms with Crippen molar-refractivity contribution >= 4 is 28.7 Å². The van der Waals surface area contributed by atoms with E-state index in [4.69, 9.17) is 25.2 Å². The molecule has 5 N–H and O–H groups in total. The number of nitrogen functional groups attached to an aromatic ring is 1. The van der Waals surface area contributed by atoms with Crippen molar-refractivity contribution < 1.29 is 33.0 Å². The van der Waals surface area contributed by atoms with E-state index in [1.54, 1.807) is 30.3 Å². The maximum absolute atomic E-state index is 14.8. The van der Waals surface area contributed by atoms with Crippen LogP contribution in [0, 0.1) is 11.6 Å². The van der Waals surface area contributed by atoms with E-state index in [9.17, 15) is 13.6 Å². The van der Waals surface area contributed by atoms with Crippen molar-refractivity contribution in [3.8, 4) is 28.4 Å². The molecule has 10 heteroatoms. The largest absolute Gasteiger partial charge is 0.496 e. The molecule has 8 nitrogen and oxygen atoms in total. The number of halogens is 2. The third-order valence-electron chi connectivity index (χ3n) is 5.45. The number of benzene rings is 4. The summed E-state index contributed by atoms with van der Waals surface area (Å²) in [5, 5.41) is 12.1. The average molecular weight is 507 g/mol.